The predicted molar refractivity (Wildman–Crippen MR) is 85.5 cm³/mol. The second kappa shape index (κ2) is 5.57. The summed E-state index contributed by atoms with van der Waals surface area (Å²) in [4.78, 5) is 0. The zero-order valence-electron chi connectivity index (χ0n) is 10.4. The Balaban J connectivity index is 1.99. The van der Waals surface area contributed by atoms with Gasteiger partial charge in [0.05, 0.1) is 0 Å². The Morgan fingerprint density at radius 2 is 1.90 bits per heavy atom. The molecule has 20 heavy (non-hydrogen) atoms. The van der Waals surface area contributed by atoms with Crippen molar-refractivity contribution < 1.29 is 4.74 Å². The standard InChI is InChI=1S/C15H12BrCl2NO/c16-8-1-3-12(18)10(5-8)15-7-13(19)11-6-9(17)2-4-14(11)20-15/h1-6,13,15H,7,19H2/t13-,15?/m0/s1. The molecule has 2 aromatic carbocycles. The summed E-state index contributed by atoms with van der Waals surface area (Å²) in [6.07, 6.45) is 0.521. The van der Waals surface area contributed by atoms with E-state index in [4.69, 9.17) is 33.7 Å². The van der Waals surface area contributed by atoms with E-state index in [1.807, 2.05) is 30.3 Å². The minimum atomic E-state index is -0.149. The molecule has 0 saturated heterocycles. The van der Waals surface area contributed by atoms with Gasteiger partial charge in [0.1, 0.15) is 11.9 Å². The van der Waals surface area contributed by atoms with E-state index in [0.29, 0.717) is 16.5 Å². The van der Waals surface area contributed by atoms with Crippen molar-refractivity contribution in [2.45, 2.75) is 18.6 Å². The van der Waals surface area contributed by atoms with E-state index in [9.17, 15) is 0 Å². The van der Waals surface area contributed by atoms with Crippen molar-refractivity contribution in [3.05, 3.63) is 62.0 Å². The fraction of sp³-hybridized carbons (Fsp3) is 0.200. The summed E-state index contributed by atoms with van der Waals surface area (Å²) in [5.41, 5.74) is 8.12. The first kappa shape index (κ1) is 14.2. The van der Waals surface area contributed by atoms with Gasteiger partial charge < -0.3 is 10.5 Å². The van der Waals surface area contributed by atoms with Gasteiger partial charge in [-0.2, -0.15) is 0 Å². The highest BCUT2D eigenvalue weighted by atomic mass is 79.9. The SMILES string of the molecule is N[C@H]1CC(c2cc(Br)ccc2Cl)Oc2ccc(Cl)cc21. The normalized spacial score (nSPS) is 21.2. The predicted octanol–water partition coefficient (Wildman–Crippen LogP) is 5.28. The first-order valence-corrected chi connectivity index (χ1v) is 7.76. The maximum atomic E-state index is 6.27. The van der Waals surface area contributed by atoms with Gasteiger partial charge >= 0.3 is 0 Å². The van der Waals surface area contributed by atoms with E-state index >= 15 is 0 Å². The molecule has 0 aromatic heterocycles. The molecule has 0 saturated carbocycles. The molecule has 0 bridgehead atoms. The van der Waals surface area contributed by atoms with Gasteiger partial charge in [0.25, 0.3) is 0 Å². The van der Waals surface area contributed by atoms with Crippen LogP contribution in [0.3, 0.4) is 0 Å². The van der Waals surface area contributed by atoms with E-state index in [-0.39, 0.29) is 12.1 Å². The highest BCUT2D eigenvalue weighted by molar-refractivity contribution is 9.10. The van der Waals surface area contributed by atoms with Crippen LogP contribution in [-0.4, -0.2) is 0 Å². The summed E-state index contributed by atoms with van der Waals surface area (Å²) in [6, 6.07) is 11.1. The second-order valence-electron chi connectivity index (χ2n) is 4.80. The number of rotatable bonds is 1. The van der Waals surface area contributed by atoms with Crippen LogP contribution in [0.4, 0.5) is 0 Å². The lowest BCUT2D eigenvalue weighted by Gasteiger charge is -2.31. The van der Waals surface area contributed by atoms with Crippen molar-refractivity contribution in [3.63, 3.8) is 0 Å². The van der Waals surface area contributed by atoms with Crippen LogP contribution in [0.5, 0.6) is 5.75 Å². The third-order valence-electron chi connectivity index (χ3n) is 3.41. The summed E-state index contributed by atoms with van der Waals surface area (Å²) in [7, 11) is 0. The zero-order chi connectivity index (χ0) is 14.3. The van der Waals surface area contributed by atoms with Crippen LogP contribution < -0.4 is 10.5 Å². The van der Waals surface area contributed by atoms with Crippen molar-refractivity contribution >= 4 is 39.1 Å². The van der Waals surface area contributed by atoms with Crippen LogP contribution in [0.15, 0.2) is 40.9 Å². The fourth-order valence-electron chi connectivity index (χ4n) is 2.43. The quantitative estimate of drug-likeness (QED) is 0.738. The highest BCUT2D eigenvalue weighted by Gasteiger charge is 2.28. The van der Waals surface area contributed by atoms with Crippen molar-refractivity contribution in [1.82, 2.24) is 0 Å². The van der Waals surface area contributed by atoms with E-state index in [2.05, 4.69) is 15.9 Å². The Bertz CT molecular complexity index is 662. The molecular formula is C15H12BrCl2NO. The zero-order valence-corrected chi connectivity index (χ0v) is 13.5. The number of ether oxygens (including phenoxy) is 1. The molecule has 2 nitrogen and oxygen atoms in total. The van der Waals surface area contributed by atoms with Crippen LogP contribution in [0.25, 0.3) is 0 Å². The maximum Gasteiger partial charge on any atom is 0.127 e. The number of hydrogen-bond acceptors (Lipinski definition) is 2. The first-order chi connectivity index (χ1) is 9.54. The third kappa shape index (κ3) is 2.68. The fourth-order valence-corrected chi connectivity index (χ4v) is 3.23. The monoisotopic (exact) mass is 371 g/mol. The van der Waals surface area contributed by atoms with Gasteiger partial charge in [-0.05, 0) is 36.4 Å². The average Bonchev–Trinajstić information content (AvgIpc) is 2.42. The molecular weight excluding hydrogens is 361 g/mol. The van der Waals surface area contributed by atoms with E-state index < -0.39 is 0 Å². The maximum absolute atomic E-state index is 6.27. The number of nitrogens with two attached hydrogens (primary N) is 1. The molecule has 0 spiro atoms. The van der Waals surface area contributed by atoms with Gasteiger partial charge in [0.2, 0.25) is 0 Å². The molecule has 1 aliphatic heterocycles. The largest absolute Gasteiger partial charge is 0.485 e. The van der Waals surface area contributed by atoms with Crippen molar-refractivity contribution in [2.75, 3.05) is 0 Å². The average molecular weight is 373 g/mol. The second-order valence-corrected chi connectivity index (χ2v) is 6.56. The van der Waals surface area contributed by atoms with Crippen LogP contribution >= 0.6 is 39.1 Å². The van der Waals surface area contributed by atoms with Crippen LogP contribution in [0, 0.1) is 0 Å². The van der Waals surface area contributed by atoms with Crippen molar-refractivity contribution in [2.24, 2.45) is 5.73 Å². The molecule has 1 unspecified atom stereocenters. The smallest absolute Gasteiger partial charge is 0.127 e. The van der Waals surface area contributed by atoms with Crippen LogP contribution in [0.1, 0.15) is 29.7 Å². The van der Waals surface area contributed by atoms with Gasteiger partial charge in [-0.1, -0.05) is 39.1 Å². The van der Waals surface area contributed by atoms with Gasteiger partial charge in [0, 0.05) is 38.1 Å². The molecule has 0 aliphatic carbocycles. The van der Waals surface area contributed by atoms with Crippen LogP contribution in [0.2, 0.25) is 10.0 Å². The minimum absolute atomic E-state index is 0.113. The Morgan fingerprint density at radius 3 is 2.70 bits per heavy atom. The van der Waals surface area contributed by atoms with Crippen molar-refractivity contribution in [1.29, 1.82) is 0 Å². The molecule has 1 heterocycles. The van der Waals surface area contributed by atoms with Gasteiger partial charge in [-0.3, -0.25) is 0 Å². The molecule has 0 amide bonds. The highest BCUT2D eigenvalue weighted by Crippen LogP contribution is 2.42. The lowest BCUT2D eigenvalue weighted by Crippen LogP contribution is -2.24. The van der Waals surface area contributed by atoms with E-state index in [1.54, 1.807) is 6.07 Å². The Hall–Kier alpha value is -0.740. The molecule has 0 radical (unpaired) electrons. The summed E-state index contributed by atoms with van der Waals surface area (Å²) in [5, 5.41) is 1.35. The minimum Gasteiger partial charge on any atom is -0.485 e. The molecule has 5 heteroatoms. The summed E-state index contributed by atoms with van der Waals surface area (Å²) < 4.78 is 7.00. The Labute approximate surface area is 136 Å². The molecule has 0 fully saturated rings. The van der Waals surface area contributed by atoms with Gasteiger partial charge in [-0.15, -0.1) is 0 Å². The number of hydrogen-bond donors (Lipinski definition) is 1. The number of benzene rings is 2. The van der Waals surface area contributed by atoms with Gasteiger partial charge in [-0.25, -0.2) is 0 Å². The topological polar surface area (TPSA) is 35.2 Å². The third-order valence-corrected chi connectivity index (χ3v) is 4.49. The van der Waals surface area contributed by atoms with Crippen molar-refractivity contribution in [3.8, 4) is 5.75 Å². The summed E-state index contributed by atoms with van der Waals surface area (Å²) >= 11 is 15.7. The van der Waals surface area contributed by atoms with Crippen LogP contribution in [-0.2, 0) is 0 Å². The Morgan fingerprint density at radius 1 is 1.10 bits per heavy atom. The lowest BCUT2D eigenvalue weighted by molar-refractivity contribution is 0.161. The van der Waals surface area contributed by atoms with E-state index in [1.165, 1.54) is 0 Å². The number of fused-ring (bicyclic) bond motifs is 1. The van der Waals surface area contributed by atoms with Gasteiger partial charge in [0.15, 0.2) is 0 Å². The first-order valence-electron chi connectivity index (χ1n) is 6.21. The number of halogens is 3. The summed E-state index contributed by atoms with van der Waals surface area (Å²) in [5.74, 6) is 0.772. The Kier molecular flexibility index (Phi) is 3.95. The molecule has 2 atom stereocenters. The summed E-state index contributed by atoms with van der Waals surface area (Å²) in [6.45, 7) is 0. The molecule has 1 aliphatic rings. The molecule has 3 rings (SSSR count). The molecule has 104 valence electrons. The molecule has 2 aromatic rings. The lowest BCUT2D eigenvalue weighted by atomic mass is 9.93. The van der Waals surface area contributed by atoms with E-state index in [0.717, 1.165) is 21.3 Å². The molecule has 2 N–H and O–H groups in total.